The quantitative estimate of drug-likeness (QED) is 0.259. The highest BCUT2D eigenvalue weighted by Gasteiger charge is 2.18. The zero-order chi connectivity index (χ0) is 25.2. The van der Waals surface area contributed by atoms with Crippen LogP contribution in [-0.4, -0.2) is 35.4 Å². The standard InChI is InChI=1S/C25H24ClN3O3.C2H4O/c1-27-23(12-17-15-28-22-5-3-2-4-20(17)22)25(31)29-14-16-6-9-19(10-7-16)32-24-11-8-18(30)13-21(24)26;1-2-3/h2-11,13,15,23,27-28,30H,12,14H2,1H3,(H,29,31);2H,1H3/t23-;/m0./s1. The van der Waals surface area contributed by atoms with Gasteiger partial charge in [0.15, 0.2) is 0 Å². The number of halogens is 1. The Morgan fingerprint density at radius 2 is 1.86 bits per heavy atom. The number of hydrogen-bond acceptors (Lipinski definition) is 5. The summed E-state index contributed by atoms with van der Waals surface area (Å²) in [5.74, 6) is 1.09. The van der Waals surface area contributed by atoms with E-state index in [-0.39, 0.29) is 17.7 Å². The lowest BCUT2D eigenvalue weighted by molar-refractivity contribution is -0.123. The van der Waals surface area contributed by atoms with Crippen LogP contribution >= 0.6 is 11.6 Å². The van der Waals surface area contributed by atoms with Crippen LogP contribution in [0.15, 0.2) is 72.9 Å². The van der Waals surface area contributed by atoms with Crippen molar-refractivity contribution < 1.29 is 19.4 Å². The van der Waals surface area contributed by atoms with E-state index in [2.05, 4.69) is 21.7 Å². The summed E-state index contributed by atoms with van der Waals surface area (Å²) in [5.41, 5.74) is 3.11. The molecular formula is C27H28ClN3O4. The van der Waals surface area contributed by atoms with Crippen molar-refractivity contribution >= 4 is 34.7 Å². The smallest absolute Gasteiger partial charge is 0.237 e. The number of amides is 1. The highest BCUT2D eigenvalue weighted by atomic mass is 35.5. The summed E-state index contributed by atoms with van der Waals surface area (Å²) in [6, 6.07) is 19.7. The second-order valence-electron chi connectivity index (χ2n) is 7.72. The van der Waals surface area contributed by atoms with Gasteiger partial charge in [-0.2, -0.15) is 0 Å². The maximum atomic E-state index is 12.7. The largest absolute Gasteiger partial charge is 0.508 e. The number of carbonyl (C=O) groups excluding carboxylic acids is 2. The summed E-state index contributed by atoms with van der Waals surface area (Å²) in [6.45, 7) is 1.85. The number of fused-ring (bicyclic) bond motifs is 1. The van der Waals surface area contributed by atoms with Crippen LogP contribution in [-0.2, 0) is 22.6 Å². The maximum absolute atomic E-state index is 12.7. The van der Waals surface area contributed by atoms with Crippen LogP contribution < -0.4 is 15.4 Å². The van der Waals surface area contributed by atoms with Crippen molar-refractivity contribution in [3.8, 4) is 17.2 Å². The molecule has 0 radical (unpaired) electrons. The van der Waals surface area contributed by atoms with Crippen molar-refractivity contribution in [3.05, 3.63) is 89.1 Å². The van der Waals surface area contributed by atoms with Crippen LogP contribution in [0.1, 0.15) is 18.1 Å². The van der Waals surface area contributed by atoms with Crippen LogP contribution in [0.5, 0.6) is 17.2 Å². The van der Waals surface area contributed by atoms with E-state index in [1.165, 1.54) is 19.1 Å². The molecule has 0 spiro atoms. The molecule has 8 heteroatoms. The molecule has 1 atom stereocenters. The number of aromatic nitrogens is 1. The lowest BCUT2D eigenvalue weighted by Gasteiger charge is -2.16. The first-order valence-corrected chi connectivity index (χ1v) is 11.5. The molecule has 182 valence electrons. The van der Waals surface area contributed by atoms with Gasteiger partial charge in [0, 0.05) is 29.7 Å². The third-order valence-electron chi connectivity index (χ3n) is 5.30. The molecule has 4 N–H and O–H groups in total. The van der Waals surface area contributed by atoms with Crippen molar-refractivity contribution in [2.24, 2.45) is 0 Å². The Balaban J connectivity index is 0.00000108. The predicted molar refractivity (Wildman–Crippen MR) is 138 cm³/mol. The van der Waals surface area contributed by atoms with Gasteiger partial charge in [-0.25, -0.2) is 0 Å². The van der Waals surface area contributed by atoms with E-state index in [1.54, 1.807) is 13.1 Å². The number of aromatic hydroxyl groups is 1. The summed E-state index contributed by atoms with van der Waals surface area (Å²) in [5, 5.41) is 17.0. The van der Waals surface area contributed by atoms with Gasteiger partial charge in [0.05, 0.1) is 11.1 Å². The van der Waals surface area contributed by atoms with E-state index in [0.29, 0.717) is 29.5 Å². The van der Waals surface area contributed by atoms with E-state index in [1.807, 2.05) is 48.7 Å². The van der Waals surface area contributed by atoms with Gasteiger partial charge in [0.1, 0.15) is 23.5 Å². The first kappa shape index (κ1) is 25.8. The normalized spacial score (nSPS) is 11.3. The number of rotatable bonds is 8. The minimum Gasteiger partial charge on any atom is -0.508 e. The minimum atomic E-state index is -0.339. The summed E-state index contributed by atoms with van der Waals surface area (Å²) in [6.07, 6.45) is 3.30. The number of aldehydes is 1. The van der Waals surface area contributed by atoms with E-state index >= 15 is 0 Å². The van der Waals surface area contributed by atoms with E-state index in [9.17, 15) is 9.90 Å². The van der Waals surface area contributed by atoms with Gasteiger partial charge < -0.3 is 30.3 Å². The Kier molecular flexibility index (Phi) is 9.29. The van der Waals surface area contributed by atoms with Crippen molar-refractivity contribution in [2.75, 3.05) is 7.05 Å². The van der Waals surface area contributed by atoms with Crippen molar-refractivity contribution in [2.45, 2.75) is 25.9 Å². The first-order chi connectivity index (χ1) is 16.9. The Morgan fingerprint density at radius 3 is 2.54 bits per heavy atom. The third kappa shape index (κ3) is 7.09. The molecule has 0 bridgehead atoms. The number of ether oxygens (including phenoxy) is 1. The SMILES string of the molecule is CC=O.CN[C@@H](Cc1c[nH]c2ccccc12)C(=O)NCc1ccc(Oc2ccc(O)cc2Cl)cc1. The number of phenols is 1. The van der Waals surface area contributed by atoms with Gasteiger partial charge in [0.2, 0.25) is 5.91 Å². The number of likely N-dealkylation sites (N-methyl/N-ethyl adjacent to an activating group) is 1. The van der Waals surface area contributed by atoms with Gasteiger partial charge in [0.25, 0.3) is 0 Å². The molecule has 1 aromatic heterocycles. The zero-order valence-electron chi connectivity index (χ0n) is 19.5. The molecule has 0 aliphatic carbocycles. The highest BCUT2D eigenvalue weighted by Crippen LogP contribution is 2.32. The number of carbonyl (C=O) groups is 2. The fraction of sp³-hybridized carbons (Fsp3) is 0.185. The molecular weight excluding hydrogens is 466 g/mol. The number of hydrogen-bond donors (Lipinski definition) is 4. The molecule has 0 unspecified atom stereocenters. The van der Waals surface area contributed by atoms with Crippen LogP contribution in [0.2, 0.25) is 5.02 Å². The molecule has 35 heavy (non-hydrogen) atoms. The summed E-state index contributed by atoms with van der Waals surface area (Å²) >= 11 is 6.08. The van der Waals surface area contributed by atoms with E-state index in [4.69, 9.17) is 21.1 Å². The minimum absolute atomic E-state index is 0.0611. The molecule has 1 heterocycles. The number of nitrogens with one attached hydrogen (secondary N) is 3. The zero-order valence-corrected chi connectivity index (χ0v) is 20.3. The number of phenolic OH excluding ortho intramolecular Hbond substituents is 1. The van der Waals surface area contributed by atoms with Crippen molar-refractivity contribution in [3.63, 3.8) is 0 Å². The van der Waals surface area contributed by atoms with Gasteiger partial charge in [-0.15, -0.1) is 0 Å². The summed E-state index contributed by atoms with van der Waals surface area (Å²) in [7, 11) is 1.79. The van der Waals surface area contributed by atoms with E-state index in [0.717, 1.165) is 28.3 Å². The molecule has 0 aliphatic rings. The molecule has 4 aromatic rings. The fourth-order valence-electron chi connectivity index (χ4n) is 3.53. The van der Waals surface area contributed by atoms with Crippen molar-refractivity contribution in [1.29, 1.82) is 0 Å². The van der Waals surface area contributed by atoms with Crippen LogP contribution in [0.4, 0.5) is 0 Å². The van der Waals surface area contributed by atoms with Gasteiger partial charge >= 0.3 is 0 Å². The molecule has 0 aliphatic heterocycles. The number of aromatic amines is 1. The Bertz CT molecular complexity index is 1270. The van der Waals surface area contributed by atoms with Gasteiger partial charge in [-0.1, -0.05) is 41.9 Å². The lowest BCUT2D eigenvalue weighted by atomic mass is 10.0. The molecule has 1 amide bonds. The predicted octanol–water partition coefficient (Wildman–Crippen LogP) is 4.97. The lowest BCUT2D eigenvalue weighted by Crippen LogP contribution is -2.43. The van der Waals surface area contributed by atoms with Crippen LogP contribution in [0.3, 0.4) is 0 Å². The number of H-pyrrole nitrogens is 1. The van der Waals surface area contributed by atoms with Crippen molar-refractivity contribution in [1.82, 2.24) is 15.6 Å². The molecule has 3 aromatic carbocycles. The van der Waals surface area contributed by atoms with Gasteiger partial charge in [-0.3, -0.25) is 4.79 Å². The van der Waals surface area contributed by atoms with Crippen LogP contribution in [0.25, 0.3) is 10.9 Å². The van der Waals surface area contributed by atoms with E-state index < -0.39 is 0 Å². The third-order valence-corrected chi connectivity index (χ3v) is 5.59. The first-order valence-electron chi connectivity index (χ1n) is 11.1. The summed E-state index contributed by atoms with van der Waals surface area (Å²) in [4.78, 5) is 24.8. The molecule has 7 nitrogen and oxygen atoms in total. The second kappa shape index (κ2) is 12.6. The Labute approximate surface area is 209 Å². The topological polar surface area (TPSA) is 103 Å². The van der Waals surface area contributed by atoms with Gasteiger partial charge in [-0.05, 0) is 61.9 Å². The fourth-order valence-corrected chi connectivity index (χ4v) is 3.75. The second-order valence-corrected chi connectivity index (χ2v) is 8.13. The average molecular weight is 494 g/mol. The van der Waals surface area contributed by atoms with Crippen LogP contribution in [0, 0.1) is 0 Å². The number of benzene rings is 3. The summed E-state index contributed by atoms with van der Waals surface area (Å²) < 4.78 is 5.75. The average Bonchev–Trinajstić information content (AvgIpc) is 3.27. The monoisotopic (exact) mass is 493 g/mol. The molecule has 0 saturated heterocycles. The maximum Gasteiger partial charge on any atom is 0.237 e. The number of para-hydroxylation sites is 1. The Hall–Kier alpha value is -3.81. The molecule has 4 rings (SSSR count). The molecule has 0 fully saturated rings. The molecule has 0 saturated carbocycles. The Morgan fingerprint density at radius 1 is 1.14 bits per heavy atom. The highest BCUT2D eigenvalue weighted by molar-refractivity contribution is 6.32.